The molecule has 0 amide bonds. The Morgan fingerprint density at radius 1 is 1.47 bits per heavy atom. The van der Waals surface area contributed by atoms with E-state index < -0.39 is 11.4 Å². The molecule has 0 atom stereocenters. The fraction of sp³-hybridized carbons (Fsp3) is 0.417. The summed E-state index contributed by atoms with van der Waals surface area (Å²) in [4.78, 5) is 11.0. The van der Waals surface area contributed by atoms with Crippen molar-refractivity contribution >= 4 is 21.9 Å². The standard InChI is InChI=1S/C12H13BrO2/c1-8-4-9(6-10(13)5-8)7-12(2-3-12)11(14)15/h4-6H,2-3,7H2,1H3,(H,14,15). The summed E-state index contributed by atoms with van der Waals surface area (Å²) in [6, 6.07) is 6.10. The van der Waals surface area contributed by atoms with E-state index in [2.05, 4.69) is 22.0 Å². The minimum atomic E-state index is -0.653. The third kappa shape index (κ3) is 2.23. The van der Waals surface area contributed by atoms with E-state index in [-0.39, 0.29) is 0 Å². The molecule has 1 aliphatic carbocycles. The monoisotopic (exact) mass is 268 g/mol. The van der Waals surface area contributed by atoms with Crippen molar-refractivity contribution < 1.29 is 9.90 Å². The highest BCUT2D eigenvalue weighted by Gasteiger charge is 2.49. The van der Waals surface area contributed by atoms with Crippen molar-refractivity contribution in [2.75, 3.05) is 0 Å². The molecule has 3 heteroatoms. The van der Waals surface area contributed by atoms with Gasteiger partial charge in [0.2, 0.25) is 0 Å². The number of aryl methyl sites for hydroxylation is 1. The van der Waals surface area contributed by atoms with Gasteiger partial charge in [-0.05, 0) is 49.4 Å². The van der Waals surface area contributed by atoms with E-state index in [0.29, 0.717) is 6.42 Å². The molecule has 0 saturated heterocycles. The van der Waals surface area contributed by atoms with Crippen molar-refractivity contribution in [2.24, 2.45) is 5.41 Å². The third-order valence-corrected chi connectivity index (χ3v) is 3.41. The van der Waals surface area contributed by atoms with Crippen LogP contribution in [0.1, 0.15) is 24.0 Å². The molecular formula is C12H13BrO2. The molecule has 0 bridgehead atoms. The van der Waals surface area contributed by atoms with Gasteiger partial charge in [-0.3, -0.25) is 4.79 Å². The predicted octanol–water partition coefficient (Wildman–Crippen LogP) is 3.16. The highest BCUT2D eigenvalue weighted by molar-refractivity contribution is 9.10. The van der Waals surface area contributed by atoms with Crippen LogP contribution in [0.4, 0.5) is 0 Å². The third-order valence-electron chi connectivity index (χ3n) is 2.95. The molecule has 15 heavy (non-hydrogen) atoms. The quantitative estimate of drug-likeness (QED) is 0.915. The van der Waals surface area contributed by atoms with E-state index in [1.54, 1.807) is 0 Å². The first-order chi connectivity index (χ1) is 7.02. The molecule has 0 heterocycles. The van der Waals surface area contributed by atoms with Gasteiger partial charge >= 0.3 is 5.97 Å². The summed E-state index contributed by atoms with van der Waals surface area (Å²) >= 11 is 3.43. The van der Waals surface area contributed by atoms with Gasteiger partial charge < -0.3 is 5.11 Å². The van der Waals surface area contributed by atoms with Gasteiger partial charge in [0.05, 0.1) is 5.41 Å². The first-order valence-electron chi connectivity index (χ1n) is 5.01. The van der Waals surface area contributed by atoms with Crippen LogP contribution in [0.15, 0.2) is 22.7 Å². The second-order valence-electron chi connectivity index (χ2n) is 4.40. The molecule has 0 aliphatic heterocycles. The van der Waals surface area contributed by atoms with Crippen LogP contribution in [0.2, 0.25) is 0 Å². The maximum Gasteiger partial charge on any atom is 0.309 e. The van der Waals surface area contributed by atoms with E-state index in [0.717, 1.165) is 22.9 Å². The average molecular weight is 269 g/mol. The summed E-state index contributed by atoms with van der Waals surface area (Å²) in [5.74, 6) is -0.653. The van der Waals surface area contributed by atoms with Crippen LogP contribution >= 0.6 is 15.9 Å². The maximum absolute atomic E-state index is 11.0. The van der Waals surface area contributed by atoms with Crippen LogP contribution in [-0.4, -0.2) is 11.1 Å². The first-order valence-corrected chi connectivity index (χ1v) is 5.81. The van der Waals surface area contributed by atoms with Crippen molar-refractivity contribution in [3.8, 4) is 0 Å². The predicted molar refractivity (Wildman–Crippen MR) is 61.9 cm³/mol. The Hall–Kier alpha value is -0.830. The number of carboxylic acid groups (broad SMARTS) is 1. The molecule has 0 spiro atoms. The smallest absolute Gasteiger partial charge is 0.309 e. The van der Waals surface area contributed by atoms with Crippen LogP contribution < -0.4 is 0 Å². The first kappa shape index (κ1) is 10.7. The number of halogens is 1. The Morgan fingerprint density at radius 2 is 2.13 bits per heavy atom. The number of carboxylic acids is 1. The van der Waals surface area contributed by atoms with Gasteiger partial charge in [0, 0.05) is 4.47 Å². The fourth-order valence-electron chi connectivity index (χ4n) is 1.92. The lowest BCUT2D eigenvalue weighted by molar-refractivity contribution is -0.143. The molecule has 0 radical (unpaired) electrons. The number of carbonyl (C=O) groups is 1. The summed E-state index contributed by atoms with van der Waals surface area (Å²) in [6.45, 7) is 2.02. The topological polar surface area (TPSA) is 37.3 Å². The zero-order chi connectivity index (χ0) is 11.1. The van der Waals surface area contributed by atoms with Gasteiger partial charge in [0.15, 0.2) is 0 Å². The Morgan fingerprint density at radius 3 is 2.60 bits per heavy atom. The normalized spacial score (nSPS) is 17.5. The zero-order valence-corrected chi connectivity index (χ0v) is 10.2. The van der Waals surface area contributed by atoms with Crippen molar-refractivity contribution in [3.05, 3.63) is 33.8 Å². The molecular weight excluding hydrogens is 256 g/mol. The summed E-state index contributed by atoms with van der Waals surface area (Å²) in [7, 11) is 0. The summed E-state index contributed by atoms with van der Waals surface area (Å²) in [5.41, 5.74) is 1.81. The van der Waals surface area contributed by atoms with Crippen molar-refractivity contribution in [3.63, 3.8) is 0 Å². The van der Waals surface area contributed by atoms with Crippen molar-refractivity contribution in [2.45, 2.75) is 26.2 Å². The molecule has 0 unspecified atom stereocenters. The molecule has 1 aliphatic rings. The van der Waals surface area contributed by atoms with Crippen molar-refractivity contribution in [1.29, 1.82) is 0 Å². The van der Waals surface area contributed by atoms with Crippen LogP contribution in [0, 0.1) is 12.3 Å². The van der Waals surface area contributed by atoms with Crippen LogP contribution in [0.25, 0.3) is 0 Å². The SMILES string of the molecule is Cc1cc(Br)cc(CC2(C(=O)O)CC2)c1. The van der Waals surface area contributed by atoms with Gasteiger partial charge in [0.1, 0.15) is 0 Å². The van der Waals surface area contributed by atoms with E-state index in [9.17, 15) is 4.79 Å². The van der Waals surface area contributed by atoms with E-state index in [1.165, 1.54) is 5.56 Å². The van der Waals surface area contributed by atoms with E-state index in [4.69, 9.17) is 5.11 Å². The fourth-order valence-corrected chi connectivity index (χ4v) is 2.58. The second-order valence-corrected chi connectivity index (χ2v) is 5.31. The minimum absolute atomic E-state index is 0.465. The zero-order valence-electron chi connectivity index (χ0n) is 8.59. The van der Waals surface area contributed by atoms with Crippen LogP contribution in [-0.2, 0) is 11.2 Å². The molecule has 1 aromatic rings. The highest BCUT2D eigenvalue weighted by atomic mass is 79.9. The van der Waals surface area contributed by atoms with Gasteiger partial charge in [-0.2, -0.15) is 0 Å². The number of hydrogen-bond donors (Lipinski definition) is 1. The van der Waals surface area contributed by atoms with E-state index >= 15 is 0 Å². The number of rotatable bonds is 3. The Labute approximate surface area is 97.4 Å². The largest absolute Gasteiger partial charge is 0.481 e. The number of hydrogen-bond acceptors (Lipinski definition) is 1. The lowest BCUT2D eigenvalue weighted by Crippen LogP contribution is -2.17. The highest BCUT2D eigenvalue weighted by Crippen LogP contribution is 2.48. The summed E-state index contributed by atoms with van der Waals surface area (Å²) in [6.07, 6.45) is 2.28. The van der Waals surface area contributed by atoms with Crippen molar-refractivity contribution in [1.82, 2.24) is 0 Å². The summed E-state index contributed by atoms with van der Waals surface area (Å²) < 4.78 is 1.03. The number of benzene rings is 1. The molecule has 80 valence electrons. The Bertz CT molecular complexity index is 388. The minimum Gasteiger partial charge on any atom is -0.481 e. The molecule has 0 aromatic heterocycles. The Kier molecular flexibility index (Phi) is 2.59. The molecule has 2 rings (SSSR count). The molecule has 2 nitrogen and oxygen atoms in total. The molecule has 1 saturated carbocycles. The lowest BCUT2D eigenvalue weighted by Gasteiger charge is -2.10. The van der Waals surface area contributed by atoms with Gasteiger partial charge in [-0.15, -0.1) is 0 Å². The summed E-state index contributed by atoms with van der Waals surface area (Å²) in [5, 5.41) is 9.09. The van der Waals surface area contributed by atoms with Gasteiger partial charge in [-0.25, -0.2) is 0 Å². The van der Waals surface area contributed by atoms with E-state index in [1.807, 2.05) is 19.1 Å². The van der Waals surface area contributed by atoms with Gasteiger partial charge in [-0.1, -0.05) is 22.0 Å². The molecule has 1 fully saturated rings. The molecule has 1 aromatic carbocycles. The Balaban J connectivity index is 2.21. The van der Waals surface area contributed by atoms with Gasteiger partial charge in [0.25, 0.3) is 0 Å². The number of aliphatic carboxylic acids is 1. The lowest BCUT2D eigenvalue weighted by atomic mass is 9.96. The van der Waals surface area contributed by atoms with Crippen LogP contribution in [0.5, 0.6) is 0 Å². The second kappa shape index (κ2) is 3.63. The molecule has 1 N–H and O–H groups in total. The maximum atomic E-state index is 11.0. The van der Waals surface area contributed by atoms with Crippen LogP contribution in [0.3, 0.4) is 0 Å². The average Bonchev–Trinajstić information content (AvgIpc) is 2.83.